The minimum absolute atomic E-state index is 0.212. The second-order valence-electron chi connectivity index (χ2n) is 8.10. The fraction of sp³-hybridized carbons (Fsp3) is 0.682. The number of piperazine rings is 1. The quantitative estimate of drug-likeness (QED) is 0.337. The highest BCUT2D eigenvalue weighted by Gasteiger charge is 2.23. The Labute approximate surface area is 184 Å². The first-order valence-corrected chi connectivity index (χ1v) is 11.9. The maximum absolute atomic E-state index is 12.4. The lowest BCUT2D eigenvalue weighted by Crippen LogP contribution is -2.50. The second kappa shape index (κ2) is 13.3. The van der Waals surface area contributed by atoms with Crippen LogP contribution in [0.5, 0.6) is 0 Å². The average Bonchev–Trinajstić information content (AvgIpc) is 3.25. The van der Waals surface area contributed by atoms with Gasteiger partial charge in [-0.2, -0.15) is 0 Å². The summed E-state index contributed by atoms with van der Waals surface area (Å²) in [5.74, 6) is 1.62. The highest BCUT2D eigenvalue weighted by molar-refractivity contribution is 7.09. The topological polar surface area (TPSA) is 77.0 Å². The van der Waals surface area contributed by atoms with Crippen LogP contribution < -0.4 is 10.6 Å². The zero-order valence-electron chi connectivity index (χ0n) is 18.7. The monoisotopic (exact) mass is 435 g/mol. The predicted octanol–water partition coefficient (Wildman–Crippen LogP) is 2.69. The van der Waals surface area contributed by atoms with E-state index in [0.29, 0.717) is 44.9 Å². The number of carbonyl (C=O) groups is 2. The lowest BCUT2D eigenvalue weighted by atomic mass is 10.1. The van der Waals surface area contributed by atoms with Crippen LogP contribution in [0, 0.1) is 5.92 Å². The summed E-state index contributed by atoms with van der Waals surface area (Å²) in [6.45, 7) is 8.40. The van der Waals surface area contributed by atoms with Crippen molar-refractivity contribution in [2.45, 2.75) is 52.5 Å². The fourth-order valence-electron chi connectivity index (χ4n) is 3.43. The van der Waals surface area contributed by atoms with E-state index in [4.69, 9.17) is 0 Å². The maximum atomic E-state index is 12.4. The van der Waals surface area contributed by atoms with E-state index < -0.39 is 0 Å². The first-order valence-electron chi connectivity index (χ1n) is 11.0. The number of rotatable bonds is 10. The molecule has 8 heteroatoms. The van der Waals surface area contributed by atoms with E-state index in [1.165, 1.54) is 4.88 Å². The summed E-state index contributed by atoms with van der Waals surface area (Å²) in [6, 6.07) is 4.15. The molecule has 1 aliphatic rings. The van der Waals surface area contributed by atoms with Crippen LogP contribution in [0.3, 0.4) is 0 Å². The molecule has 2 heterocycles. The Kier molecular flexibility index (Phi) is 10.7. The lowest BCUT2D eigenvalue weighted by molar-refractivity contribution is -0.140. The molecule has 1 saturated heterocycles. The molecule has 1 aliphatic heterocycles. The molecule has 0 atom stereocenters. The largest absolute Gasteiger partial charge is 0.356 e. The van der Waals surface area contributed by atoms with Crippen molar-refractivity contribution in [3.63, 3.8) is 0 Å². The van der Waals surface area contributed by atoms with Gasteiger partial charge in [-0.15, -0.1) is 11.3 Å². The Morgan fingerprint density at radius 3 is 2.37 bits per heavy atom. The maximum Gasteiger partial charge on any atom is 0.222 e. The van der Waals surface area contributed by atoms with Crippen LogP contribution in [-0.4, -0.2) is 67.3 Å². The van der Waals surface area contributed by atoms with Gasteiger partial charge in [0.2, 0.25) is 11.8 Å². The molecule has 2 rings (SSSR count). The van der Waals surface area contributed by atoms with Gasteiger partial charge in [0.1, 0.15) is 0 Å². The van der Waals surface area contributed by atoms with Gasteiger partial charge >= 0.3 is 0 Å². The first-order chi connectivity index (χ1) is 14.5. The lowest BCUT2D eigenvalue weighted by Gasteiger charge is -2.35. The van der Waals surface area contributed by atoms with Crippen LogP contribution in [0.15, 0.2) is 22.5 Å². The van der Waals surface area contributed by atoms with Crippen LogP contribution in [0.25, 0.3) is 0 Å². The summed E-state index contributed by atoms with van der Waals surface area (Å²) in [5, 5.41) is 8.70. The van der Waals surface area contributed by atoms with E-state index in [0.717, 1.165) is 38.3 Å². The third kappa shape index (κ3) is 8.73. The highest BCUT2D eigenvalue weighted by atomic mass is 32.1. The van der Waals surface area contributed by atoms with E-state index in [1.807, 2.05) is 15.9 Å². The molecule has 2 N–H and O–H groups in total. The number of hydrogen-bond acceptors (Lipinski definition) is 4. The minimum Gasteiger partial charge on any atom is -0.356 e. The second-order valence-corrected chi connectivity index (χ2v) is 9.13. The molecule has 1 fully saturated rings. The number of unbranched alkanes of at least 4 members (excludes halogenated alkanes) is 2. The summed E-state index contributed by atoms with van der Waals surface area (Å²) >= 11 is 1.73. The molecule has 0 bridgehead atoms. The molecule has 0 aromatic carbocycles. The zero-order valence-corrected chi connectivity index (χ0v) is 19.5. The molecule has 0 spiro atoms. The minimum atomic E-state index is 0.212. The Hall–Kier alpha value is -2.09. The highest BCUT2D eigenvalue weighted by Crippen LogP contribution is 2.11. The van der Waals surface area contributed by atoms with Gasteiger partial charge in [-0.25, -0.2) is 0 Å². The van der Waals surface area contributed by atoms with E-state index in [2.05, 4.69) is 40.9 Å². The average molecular weight is 436 g/mol. The molecular formula is C22H37N5O2S. The Balaban J connectivity index is 1.52. The molecule has 1 aromatic heterocycles. The number of guanidine groups is 1. The molecule has 0 saturated carbocycles. The van der Waals surface area contributed by atoms with E-state index in [1.54, 1.807) is 18.4 Å². The summed E-state index contributed by atoms with van der Waals surface area (Å²) in [5.41, 5.74) is 0. The number of carbonyl (C=O) groups excluding carboxylic acids is 2. The Bertz CT molecular complexity index is 667. The van der Waals surface area contributed by atoms with Crippen LogP contribution in [0.1, 0.15) is 50.8 Å². The SMILES string of the molecule is CN=C(NCCCCCC(=O)N1CCN(C(=O)CC(C)C)CC1)NCc1cccs1. The van der Waals surface area contributed by atoms with Crippen LogP contribution in [0.2, 0.25) is 0 Å². The number of aliphatic imine (C=N–C) groups is 1. The number of hydrogen-bond donors (Lipinski definition) is 2. The van der Waals surface area contributed by atoms with Crippen molar-refractivity contribution in [2.75, 3.05) is 39.8 Å². The number of nitrogens with one attached hydrogen (secondary N) is 2. The molecule has 0 unspecified atom stereocenters. The molecule has 168 valence electrons. The predicted molar refractivity (Wildman–Crippen MR) is 124 cm³/mol. The van der Waals surface area contributed by atoms with Crippen molar-refractivity contribution in [1.82, 2.24) is 20.4 Å². The van der Waals surface area contributed by atoms with Crippen molar-refractivity contribution >= 4 is 29.1 Å². The molecule has 0 aliphatic carbocycles. The number of thiophene rings is 1. The summed E-state index contributed by atoms with van der Waals surface area (Å²) in [6.07, 6.45) is 4.09. The van der Waals surface area contributed by atoms with E-state index in [9.17, 15) is 9.59 Å². The van der Waals surface area contributed by atoms with Crippen molar-refractivity contribution in [2.24, 2.45) is 10.9 Å². The van der Waals surface area contributed by atoms with Gasteiger partial charge in [0.05, 0.1) is 6.54 Å². The van der Waals surface area contributed by atoms with Crippen LogP contribution in [-0.2, 0) is 16.1 Å². The fourth-order valence-corrected chi connectivity index (χ4v) is 4.08. The van der Waals surface area contributed by atoms with E-state index in [-0.39, 0.29) is 11.8 Å². The normalized spacial score (nSPS) is 14.9. The number of nitrogens with zero attached hydrogens (tertiary/aromatic N) is 3. The third-order valence-electron chi connectivity index (χ3n) is 5.16. The summed E-state index contributed by atoms with van der Waals surface area (Å²) in [4.78, 5) is 33.9. The van der Waals surface area contributed by atoms with Crippen LogP contribution >= 0.6 is 11.3 Å². The number of amides is 2. The molecule has 7 nitrogen and oxygen atoms in total. The Morgan fingerprint density at radius 2 is 1.77 bits per heavy atom. The summed E-state index contributed by atoms with van der Waals surface area (Å²) in [7, 11) is 1.78. The third-order valence-corrected chi connectivity index (χ3v) is 6.04. The van der Waals surface area contributed by atoms with Crippen molar-refractivity contribution in [1.29, 1.82) is 0 Å². The molecule has 2 amide bonds. The van der Waals surface area contributed by atoms with Gasteiger partial charge in [-0.05, 0) is 30.2 Å². The first kappa shape index (κ1) is 24.2. The zero-order chi connectivity index (χ0) is 21.8. The smallest absolute Gasteiger partial charge is 0.222 e. The van der Waals surface area contributed by atoms with Crippen molar-refractivity contribution in [3.05, 3.63) is 22.4 Å². The molecular weight excluding hydrogens is 398 g/mol. The van der Waals surface area contributed by atoms with Gasteiger partial charge in [-0.3, -0.25) is 14.6 Å². The summed E-state index contributed by atoms with van der Waals surface area (Å²) < 4.78 is 0. The standard InChI is InChI=1S/C22H37N5O2S/c1-18(2)16-21(29)27-13-11-26(12-14-27)20(28)9-5-4-6-10-24-22(23-3)25-17-19-8-7-15-30-19/h7-8,15,18H,4-6,9-14,16-17H2,1-3H3,(H2,23,24,25). The van der Waals surface area contributed by atoms with Crippen molar-refractivity contribution in [3.8, 4) is 0 Å². The van der Waals surface area contributed by atoms with Gasteiger partial charge in [0.15, 0.2) is 5.96 Å². The van der Waals surface area contributed by atoms with E-state index >= 15 is 0 Å². The molecule has 0 radical (unpaired) electrons. The van der Waals surface area contributed by atoms with Crippen LogP contribution in [0.4, 0.5) is 0 Å². The molecule has 30 heavy (non-hydrogen) atoms. The molecule has 1 aromatic rings. The van der Waals surface area contributed by atoms with Crippen molar-refractivity contribution < 1.29 is 9.59 Å². The van der Waals surface area contributed by atoms with Gasteiger partial charge in [0, 0.05) is 57.5 Å². The van der Waals surface area contributed by atoms with Gasteiger partial charge < -0.3 is 20.4 Å². The van der Waals surface area contributed by atoms with Gasteiger partial charge in [-0.1, -0.05) is 26.3 Å². The Morgan fingerprint density at radius 1 is 1.07 bits per heavy atom. The van der Waals surface area contributed by atoms with Gasteiger partial charge in [0.25, 0.3) is 0 Å².